The summed E-state index contributed by atoms with van der Waals surface area (Å²) in [5.74, 6) is -0.783. The third-order valence-corrected chi connectivity index (χ3v) is 7.48. The molecule has 0 spiro atoms. The number of fused-ring (bicyclic) bond motifs is 1. The molecule has 4 aromatic rings. The lowest BCUT2D eigenvalue weighted by Crippen LogP contribution is -2.25. The van der Waals surface area contributed by atoms with Gasteiger partial charge in [0.25, 0.3) is 5.88 Å². The van der Waals surface area contributed by atoms with Crippen LogP contribution in [0.2, 0.25) is 0 Å². The molecule has 0 saturated carbocycles. The van der Waals surface area contributed by atoms with Crippen molar-refractivity contribution in [2.45, 2.75) is 65.2 Å². The predicted octanol–water partition coefficient (Wildman–Crippen LogP) is 4.74. The lowest BCUT2D eigenvalue weighted by molar-refractivity contribution is -0.114. The van der Waals surface area contributed by atoms with Gasteiger partial charge in [0, 0.05) is 6.92 Å². The van der Waals surface area contributed by atoms with E-state index in [0.29, 0.717) is 16.1 Å². The van der Waals surface area contributed by atoms with E-state index in [-0.39, 0.29) is 47.2 Å². The summed E-state index contributed by atoms with van der Waals surface area (Å²) in [6.45, 7) is 14.2. The minimum atomic E-state index is -1.76. The fraction of sp³-hybridized carbons (Fsp3) is 0.414. The van der Waals surface area contributed by atoms with Crippen molar-refractivity contribution >= 4 is 40.0 Å². The van der Waals surface area contributed by atoms with Gasteiger partial charge < -0.3 is 14.8 Å². The van der Waals surface area contributed by atoms with Crippen molar-refractivity contribution in [1.29, 1.82) is 0 Å². The number of ether oxygens (including phenoxy) is 2. The van der Waals surface area contributed by atoms with Crippen LogP contribution in [0.5, 0.6) is 5.88 Å². The molecular formula is C29H37N7O6S. The van der Waals surface area contributed by atoms with Gasteiger partial charge in [-0.1, -0.05) is 46.8 Å². The maximum Gasteiger partial charge on any atom is 0.338 e. The average Bonchev–Trinajstić information content (AvgIpc) is 3.51. The summed E-state index contributed by atoms with van der Waals surface area (Å²) in [6, 6.07) is 12.4. The van der Waals surface area contributed by atoms with Gasteiger partial charge in [0.2, 0.25) is 22.6 Å². The number of esters is 1. The lowest BCUT2D eigenvalue weighted by Gasteiger charge is -2.33. The second kappa shape index (κ2) is 12.9. The number of carbonyl (C=O) groups excluding carboxylic acids is 2. The van der Waals surface area contributed by atoms with Crippen molar-refractivity contribution in [3.05, 3.63) is 59.2 Å². The molecule has 43 heavy (non-hydrogen) atoms. The molecule has 3 N–H and O–H groups in total. The predicted molar refractivity (Wildman–Crippen MR) is 161 cm³/mol. The van der Waals surface area contributed by atoms with Crippen LogP contribution in [0, 0.1) is 12.3 Å². The Morgan fingerprint density at radius 2 is 1.77 bits per heavy atom. The summed E-state index contributed by atoms with van der Waals surface area (Å²) in [4.78, 5) is 24.6. The lowest BCUT2D eigenvalue weighted by atomic mass is 9.72. The number of benzene rings is 2. The van der Waals surface area contributed by atoms with Gasteiger partial charge in [-0.15, -0.1) is 14.8 Å². The third-order valence-electron chi connectivity index (χ3n) is 6.45. The van der Waals surface area contributed by atoms with Gasteiger partial charge in [-0.2, -0.15) is 9.50 Å². The normalized spacial score (nSPS) is 12.6. The zero-order valence-electron chi connectivity index (χ0n) is 25.3. The molecule has 0 fully saturated rings. The molecule has 1 unspecified atom stereocenters. The highest BCUT2D eigenvalue weighted by Gasteiger charge is 2.28. The van der Waals surface area contributed by atoms with Gasteiger partial charge in [0.1, 0.15) is 13.2 Å². The summed E-state index contributed by atoms with van der Waals surface area (Å²) in [5.41, 5.74) is 6.07. The van der Waals surface area contributed by atoms with Crippen LogP contribution >= 0.6 is 0 Å². The van der Waals surface area contributed by atoms with Crippen LogP contribution in [0.3, 0.4) is 0 Å². The molecule has 0 aliphatic rings. The second-order valence-corrected chi connectivity index (χ2v) is 13.1. The van der Waals surface area contributed by atoms with Gasteiger partial charge in [-0.25, -0.2) is 9.00 Å². The van der Waals surface area contributed by atoms with Crippen molar-refractivity contribution in [3.8, 4) is 5.88 Å². The first-order valence-electron chi connectivity index (χ1n) is 13.7. The Balaban J connectivity index is 1.28. The number of aromatic nitrogens is 5. The van der Waals surface area contributed by atoms with Crippen molar-refractivity contribution in [3.63, 3.8) is 0 Å². The number of anilines is 2. The fourth-order valence-corrected chi connectivity index (χ4v) is 5.66. The highest BCUT2D eigenvalue weighted by atomic mass is 32.2. The monoisotopic (exact) mass is 611 g/mol. The quantitative estimate of drug-likeness (QED) is 0.116. The van der Waals surface area contributed by atoms with Crippen molar-refractivity contribution in [2.24, 2.45) is 5.41 Å². The molecule has 0 bridgehead atoms. The first kappa shape index (κ1) is 31.6. The minimum Gasteiger partial charge on any atom is -0.471 e. The number of nitrogens with one attached hydrogen (secondary N) is 3. The number of rotatable bonds is 12. The van der Waals surface area contributed by atoms with Crippen LogP contribution in [0.25, 0.3) is 5.65 Å². The molecule has 2 aromatic heterocycles. The first-order valence-corrected chi connectivity index (χ1v) is 14.7. The Morgan fingerprint density at radius 1 is 1.05 bits per heavy atom. The zero-order chi connectivity index (χ0) is 31.4. The standard InChI is InChI=1S/C29H37N7O6S/c1-18-8-11-21(29(6,7)17-28(3,4)5)16-23(18)43(39)42-33-22-12-9-20(10-13-22)27(38)41-15-14-40-26-24(30-19(2)37)25-31-34-35-36(25)32-26/h8-13,16,33H,14-15,17H2,1-7H3,(H,30,37)(H,31,35). The average molecular weight is 612 g/mol. The molecule has 2 aromatic carbocycles. The maximum absolute atomic E-state index is 13.0. The van der Waals surface area contributed by atoms with Crippen LogP contribution in [0.1, 0.15) is 69.4 Å². The van der Waals surface area contributed by atoms with E-state index in [1.165, 1.54) is 11.6 Å². The molecule has 2 heterocycles. The molecule has 1 amide bonds. The highest BCUT2D eigenvalue weighted by molar-refractivity contribution is 7.80. The highest BCUT2D eigenvalue weighted by Crippen LogP contribution is 2.37. The largest absolute Gasteiger partial charge is 0.471 e. The second-order valence-electron chi connectivity index (χ2n) is 12.0. The number of hydrogen-bond donors (Lipinski definition) is 3. The molecule has 0 aliphatic carbocycles. The Morgan fingerprint density at radius 3 is 2.44 bits per heavy atom. The number of hydrogen-bond acceptors (Lipinski definition) is 10. The third kappa shape index (κ3) is 8.17. The van der Waals surface area contributed by atoms with Gasteiger partial charge >= 0.3 is 5.97 Å². The summed E-state index contributed by atoms with van der Waals surface area (Å²) in [7, 11) is 0. The Hall–Kier alpha value is -4.30. The topological polar surface area (TPSA) is 162 Å². The number of aromatic amines is 1. The Bertz CT molecular complexity index is 1620. The van der Waals surface area contributed by atoms with E-state index < -0.39 is 17.0 Å². The molecule has 0 aliphatic heterocycles. The van der Waals surface area contributed by atoms with E-state index in [0.717, 1.165) is 17.5 Å². The molecule has 1 atom stereocenters. The Labute approximate surface area is 252 Å². The van der Waals surface area contributed by atoms with Crippen molar-refractivity contribution < 1.29 is 27.6 Å². The number of carbonyl (C=O) groups is 2. The molecule has 0 saturated heterocycles. The smallest absolute Gasteiger partial charge is 0.338 e. The summed E-state index contributed by atoms with van der Waals surface area (Å²) in [5, 5.41) is 16.7. The summed E-state index contributed by atoms with van der Waals surface area (Å²) in [6.07, 6.45) is 0.965. The first-order chi connectivity index (χ1) is 20.2. The summed E-state index contributed by atoms with van der Waals surface area (Å²) < 4.78 is 30.6. The number of nitrogens with zero attached hydrogens (tertiary/aromatic N) is 4. The molecule has 230 valence electrons. The number of amides is 1. The fourth-order valence-electron chi connectivity index (χ4n) is 4.84. The number of aryl methyl sites for hydroxylation is 1. The van der Waals surface area contributed by atoms with Gasteiger partial charge in [0.05, 0.1) is 16.1 Å². The van der Waals surface area contributed by atoms with Crippen LogP contribution < -0.4 is 15.5 Å². The van der Waals surface area contributed by atoms with Crippen LogP contribution in [0.4, 0.5) is 11.4 Å². The summed E-state index contributed by atoms with van der Waals surface area (Å²) >= 11 is -1.76. The zero-order valence-corrected chi connectivity index (χ0v) is 26.1. The van der Waals surface area contributed by atoms with E-state index in [4.69, 9.17) is 13.8 Å². The Kier molecular flexibility index (Phi) is 9.50. The molecule has 0 radical (unpaired) electrons. The van der Waals surface area contributed by atoms with Gasteiger partial charge in [0.15, 0.2) is 5.69 Å². The molecule has 4 rings (SSSR count). The van der Waals surface area contributed by atoms with Gasteiger partial charge in [-0.05, 0) is 70.8 Å². The van der Waals surface area contributed by atoms with Crippen LogP contribution in [-0.2, 0) is 30.3 Å². The van der Waals surface area contributed by atoms with E-state index >= 15 is 0 Å². The SMILES string of the molecule is CC(=O)Nc1c(OCCOC(=O)c2ccc(NOS(=O)c3cc(C(C)(C)CC(C)(C)C)ccc3C)cc2)nn2[nH]nnc12. The minimum absolute atomic E-state index is 0.0147. The maximum atomic E-state index is 13.0. The van der Waals surface area contributed by atoms with Crippen LogP contribution in [0.15, 0.2) is 47.4 Å². The molecule has 14 heteroatoms. The van der Waals surface area contributed by atoms with E-state index in [2.05, 4.69) is 72.1 Å². The van der Waals surface area contributed by atoms with Crippen molar-refractivity contribution in [2.75, 3.05) is 24.0 Å². The van der Waals surface area contributed by atoms with E-state index in [9.17, 15) is 13.8 Å². The van der Waals surface area contributed by atoms with E-state index in [1.54, 1.807) is 24.3 Å². The molecule has 13 nitrogen and oxygen atoms in total. The number of H-pyrrole nitrogens is 1. The van der Waals surface area contributed by atoms with Crippen molar-refractivity contribution in [1.82, 2.24) is 25.3 Å². The van der Waals surface area contributed by atoms with Gasteiger partial charge in [-0.3, -0.25) is 10.3 Å². The van der Waals surface area contributed by atoms with Crippen LogP contribution in [-0.4, -0.2) is 54.6 Å². The van der Waals surface area contributed by atoms with E-state index in [1.807, 2.05) is 19.1 Å². The number of tetrazole rings is 1. The molecular weight excluding hydrogens is 574 g/mol.